The second-order valence-electron chi connectivity index (χ2n) is 6.01. The van der Waals surface area contributed by atoms with Gasteiger partial charge in [0.1, 0.15) is 0 Å². The molecule has 1 aliphatic carbocycles. The summed E-state index contributed by atoms with van der Waals surface area (Å²) < 4.78 is 0. The summed E-state index contributed by atoms with van der Waals surface area (Å²) in [4.78, 5) is 4.46. The Morgan fingerprint density at radius 3 is 2.71 bits per heavy atom. The van der Waals surface area contributed by atoms with Gasteiger partial charge in [-0.25, -0.2) is 0 Å². The number of hydrogen-bond donors (Lipinski definition) is 1. The summed E-state index contributed by atoms with van der Waals surface area (Å²) in [6.07, 6.45) is 4.78. The molecule has 2 aromatic carbocycles. The Balaban J connectivity index is 1.77. The molecule has 1 unspecified atom stereocenters. The first-order valence-electron chi connectivity index (χ1n) is 7.46. The average Bonchev–Trinajstić information content (AvgIpc) is 2.54. The second-order valence-corrected chi connectivity index (χ2v) is 6.01. The Morgan fingerprint density at radius 1 is 0.952 bits per heavy atom. The predicted molar refractivity (Wildman–Crippen MR) is 86.1 cm³/mol. The number of aryl methyl sites for hydroxylation is 1. The van der Waals surface area contributed by atoms with Crippen LogP contribution in [0.5, 0.6) is 0 Å². The number of aromatic nitrogens is 1. The molecule has 0 saturated heterocycles. The van der Waals surface area contributed by atoms with Crippen LogP contribution in [0.15, 0.2) is 60.8 Å². The van der Waals surface area contributed by atoms with Crippen LogP contribution in [0, 0.1) is 0 Å². The van der Waals surface area contributed by atoms with Gasteiger partial charge < -0.3 is 5.73 Å². The van der Waals surface area contributed by atoms with E-state index in [-0.39, 0.29) is 5.54 Å². The van der Waals surface area contributed by atoms with Crippen LogP contribution in [0.2, 0.25) is 0 Å². The molecule has 1 aromatic heterocycles. The molecule has 0 aliphatic heterocycles. The van der Waals surface area contributed by atoms with Gasteiger partial charge in [-0.1, -0.05) is 42.5 Å². The molecule has 1 heterocycles. The molecule has 0 fully saturated rings. The summed E-state index contributed by atoms with van der Waals surface area (Å²) >= 11 is 0. The van der Waals surface area contributed by atoms with Crippen molar-refractivity contribution in [2.24, 2.45) is 5.73 Å². The van der Waals surface area contributed by atoms with Gasteiger partial charge in [0, 0.05) is 17.1 Å². The highest BCUT2D eigenvalue weighted by molar-refractivity contribution is 5.79. The molecule has 1 aliphatic rings. The second kappa shape index (κ2) is 4.68. The summed E-state index contributed by atoms with van der Waals surface area (Å²) in [5.74, 6) is 0. The van der Waals surface area contributed by atoms with E-state index in [1.807, 2.05) is 12.3 Å². The summed E-state index contributed by atoms with van der Waals surface area (Å²) in [5, 5.41) is 1.17. The smallest absolute Gasteiger partial charge is 0.0705 e. The quantitative estimate of drug-likeness (QED) is 0.736. The molecular formula is C19H18N2. The maximum atomic E-state index is 6.76. The molecule has 0 amide bonds. The summed E-state index contributed by atoms with van der Waals surface area (Å²) in [5.41, 5.74) is 11.5. The van der Waals surface area contributed by atoms with Crippen molar-refractivity contribution in [3.05, 3.63) is 77.5 Å². The number of fused-ring (bicyclic) bond motifs is 2. The molecule has 2 heteroatoms. The minimum Gasteiger partial charge on any atom is -0.321 e. The molecule has 0 spiro atoms. The normalized spacial score (nSPS) is 21.2. The van der Waals surface area contributed by atoms with Gasteiger partial charge in [-0.3, -0.25) is 4.98 Å². The zero-order valence-electron chi connectivity index (χ0n) is 11.9. The van der Waals surface area contributed by atoms with Crippen molar-refractivity contribution in [3.8, 4) is 0 Å². The van der Waals surface area contributed by atoms with Crippen molar-refractivity contribution in [1.82, 2.24) is 4.98 Å². The molecule has 0 bridgehead atoms. The third-order valence-corrected chi connectivity index (χ3v) is 4.65. The topological polar surface area (TPSA) is 38.9 Å². The Labute approximate surface area is 124 Å². The van der Waals surface area contributed by atoms with E-state index >= 15 is 0 Å². The predicted octanol–water partition coefficient (Wildman–Crippen LogP) is 3.58. The van der Waals surface area contributed by atoms with Crippen molar-refractivity contribution < 1.29 is 0 Å². The monoisotopic (exact) mass is 274 g/mol. The van der Waals surface area contributed by atoms with Gasteiger partial charge in [-0.05, 0) is 48.1 Å². The Hall–Kier alpha value is -2.19. The lowest BCUT2D eigenvalue weighted by Crippen LogP contribution is -2.42. The molecular weight excluding hydrogens is 256 g/mol. The highest BCUT2D eigenvalue weighted by Gasteiger charge is 2.32. The standard InChI is InChI=1S/C19H18N2/c20-19(10-9-14-4-1-2-5-16(14)13-19)17-8-7-15-6-3-11-21-18(15)12-17/h1-8,11-12H,9-10,13,20H2. The Bertz CT molecular complexity index is 809. The van der Waals surface area contributed by atoms with E-state index in [0.717, 1.165) is 24.8 Å². The van der Waals surface area contributed by atoms with Crippen LogP contribution in [-0.2, 0) is 18.4 Å². The first-order valence-corrected chi connectivity index (χ1v) is 7.46. The van der Waals surface area contributed by atoms with Crippen molar-refractivity contribution in [1.29, 1.82) is 0 Å². The highest BCUT2D eigenvalue weighted by atomic mass is 14.8. The number of nitrogens with zero attached hydrogens (tertiary/aromatic N) is 1. The molecule has 4 rings (SSSR count). The third-order valence-electron chi connectivity index (χ3n) is 4.65. The molecule has 2 N–H and O–H groups in total. The molecule has 3 aromatic rings. The van der Waals surface area contributed by atoms with Crippen molar-refractivity contribution >= 4 is 10.9 Å². The molecule has 104 valence electrons. The number of benzene rings is 2. The maximum absolute atomic E-state index is 6.76. The lowest BCUT2D eigenvalue weighted by Gasteiger charge is -2.35. The van der Waals surface area contributed by atoms with E-state index < -0.39 is 0 Å². The molecule has 2 nitrogen and oxygen atoms in total. The fourth-order valence-electron chi connectivity index (χ4n) is 3.38. The van der Waals surface area contributed by atoms with Crippen LogP contribution in [0.1, 0.15) is 23.1 Å². The van der Waals surface area contributed by atoms with Gasteiger partial charge in [-0.15, -0.1) is 0 Å². The van der Waals surface area contributed by atoms with Gasteiger partial charge >= 0.3 is 0 Å². The van der Waals surface area contributed by atoms with Crippen LogP contribution >= 0.6 is 0 Å². The lowest BCUT2D eigenvalue weighted by atomic mass is 9.74. The van der Waals surface area contributed by atoms with E-state index in [1.165, 1.54) is 22.1 Å². The van der Waals surface area contributed by atoms with Crippen molar-refractivity contribution in [2.75, 3.05) is 0 Å². The Morgan fingerprint density at radius 2 is 1.81 bits per heavy atom. The third kappa shape index (κ3) is 2.12. The van der Waals surface area contributed by atoms with Crippen LogP contribution in [0.25, 0.3) is 10.9 Å². The summed E-state index contributed by atoms with van der Waals surface area (Å²) in [7, 11) is 0. The maximum Gasteiger partial charge on any atom is 0.0705 e. The van der Waals surface area contributed by atoms with Crippen LogP contribution in [-0.4, -0.2) is 4.98 Å². The van der Waals surface area contributed by atoms with E-state index in [2.05, 4.69) is 53.5 Å². The van der Waals surface area contributed by atoms with Gasteiger partial charge in [0.05, 0.1) is 5.52 Å². The van der Waals surface area contributed by atoms with Gasteiger partial charge in [0.25, 0.3) is 0 Å². The summed E-state index contributed by atoms with van der Waals surface area (Å²) in [6, 6.07) is 19.2. The Kier molecular flexibility index (Phi) is 2.79. The van der Waals surface area contributed by atoms with Gasteiger partial charge in [-0.2, -0.15) is 0 Å². The fraction of sp³-hybridized carbons (Fsp3) is 0.211. The van der Waals surface area contributed by atoms with Gasteiger partial charge in [0.15, 0.2) is 0 Å². The van der Waals surface area contributed by atoms with E-state index in [0.29, 0.717) is 0 Å². The number of nitrogens with two attached hydrogens (primary N) is 1. The zero-order valence-corrected chi connectivity index (χ0v) is 11.9. The van der Waals surface area contributed by atoms with Crippen molar-refractivity contribution in [2.45, 2.75) is 24.8 Å². The number of pyridine rings is 1. The first-order chi connectivity index (χ1) is 10.2. The van der Waals surface area contributed by atoms with Gasteiger partial charge in [0.2, 0.25) is 0 Å². The number of rotatable bonds is 1. The highest BCUT2D eigenvalue weighted by Crippen LogP contribution is 2.35. The van der Waals surface area contributed by atoms with E-state index in [4.69, 9.17) is 5.73 Å². The molecule has 1 atom stereocenters. The molecule has 0 radical (unpaired) electrons. The minimum atomic E-state index is -0.278. The summed E-state index contributed by atoms with van der Waals surface area (Å²) in [6.45, 7) is 0. The van der Waals surface area contributed by atoms with Crippen LogP contribution in [0.4, 0.5) is 0 Å². The SMILES string of the molecule is NC1(c2ccc3cccnc3c2)CCc2ccccc2C1. The van der Waals surface area contributed by atoms with Crippen LogP contribution in [0.3, 0.4) is 0 Å². The van der Waals surface area contributed by atoms with E-state index in [9.17, 15) is 0 Å². The average molecular weight is 274 g/mol. The largest absolute Gasteiger partial charge is 0.321 e. The fourth-order valence-corrected chi connectivity index (χ4v) is 3.38. The first kappa shape index (κ1) is 12.5. The number of hydrogen-bond acceptors (Lipinski definition) is 2. The van der Waals surface area contributed by atoms with E-state index in [1.54, 1.807) is 0 Å². The molecule has 0 saturated carbocycles. The zero-order chi connectivity index (χ0) is 14.3. The minimum absolute atomic E-state index is 0.278. The molecule has 21 heavy (non-hydrogen) atoms. The lowest BCUT2D eigenvalue weighted by molar-refractivity contribution is 0.385. The van der Waals surface area contributed by atoms with Crippen molar-refractivity contribution in [3.63, 3.8) is 0 Å². The van der Waals surface area contributed by atoms with Crippen LogP contribution < -0.4 is 5.73 Å².